The van der Waals surface area contributed by atoms with Crippen molar-refractivity contribution in [2.45, 2.75) is 45.6 Å². The zero-order valence-electron chi connectivity index (χ0n) is 11.7. The van der Waals surface area contributed by atoms with Gasteiger partial charge in [-0.25, -0.2) is 9.37 Å². The number of aryl methyl sites for hydroxylation is 1. The molecule has 0 bridgehead atoms. The minimum atomic E-state index is -0.236. The van der Waals surface area contributed by atoms with E-state index in [2.05, 4.69) is 23.4 Å². The van der Waals surface area contributed by atoms with E-state index in [1.165, 1.54) is 6.07 Å². The molecular weight excluding hydrogens is 241 g/mol. The van der Waals surface area contributed by atoms with E-state index in [9.17, 15) is 4.39 Å². The molecule has 1 aromatic carbocycles. The molecule has 0 aliphatic carbocycles. The summed E-state index contributed by atoms with van der Waals surface area (Å²) in [4.78, 5) is 4.53. The highest BCUT2D eigenvalue weighted by atomic mass is 19.1. The molecule has 2 aromatic rings. The largest absolute Gasteiger partial charge is 0.330 e. The van der Waals surface area contributed by atoms with Crippen molar-refractivity contribution >= 4 is 11.0 Å². The van der Waals surface area contributed by atoms with E-state index in [0.717, 1.165) is 37.1 Å². The van der Waals surface area contributed by atoms with Gasteiger partial charge < -0.3 is 10.3 Å². The highest BCUT2D eigenvalue weighted by molar-refractivity contribution is 5.76. The van der Waals surface area contributed by atoms with Crippen molar-refractivity contribution in [1.82, 2.24) is 9.55 Å². The summed E-state index contributed by atoms with van der Waals surface area (Å²) in [6, 6.07) is 5.17. The first-order chi connectivity index (χ1) is 9.19. The van der Waals surface area contributed by atoms with E-state index in [1.807, 2.05) is 6.07 Å². The van der Waals surface area contributed by atoms with Gasteiger partial charge in [0.25, 0.3) is 0 Å². The predicted molar refractivity (Wildman–Crippen MR) is 76.7 cm³/mol. The second-order valence-corrected chi connectivity index (χ2v) is 5.06. The highest BCUT2D eigenvalue weighted by Crippen LogP contribution is 2.26. The molecule has 0 radical (unpaired) electrons. The third-order valence-electron chi connectivity index (χ3n) is 3.49. The van der Waals surface area contributed by atoms with Crippen LogP contribution in [-0.4, -0.2) is 16.1 Å². The smallest absolute Gasteiger partial charge is 0.151 e. The van der Waals surface area contributed by atoms with Gasteiger partial charge in [-0.15, -0.1) is 0 Å². The fourth-order valence-corrected chi connectivity index (χ4v) is 2.52. The third kappa shape index (κ3) is 2.78. The summed E-state index contributed by atoms with van der Waals surface area (Å²) >= 11 is 0. The van der Waals surface area contributed by atoms with Crippen molar-refractivity contribution in [1.29, 1.82) is 0 Å². The van der Waals surface area contributed by atoms with Crippen LogP contribution in [0.1, 0.15) is 44.9 Å². The van der Waals surface area contributed by atoms with Crippen LogP contribution in [0.2, 0.25) is 0 Å². The number of benzene rings is 1. The molecule has 1 unspecified atom stereocenters. The van der Waals surface area contributed by atoms with Crippen LogP contribution in [0.15, 0.2) is 18.2 Å². The first-order valence-electron chi connectivity index (χ1n) is 7.03. The second-order valence-electron chi connectivity index (χ2n) is 5.06. The molecule has 1 atom stereocenters. The first kappa shape index (κ1) is 14.0. The summed E-state index contributed by atoms with van der Waals surface area (Å²) in [5.74, 6) is 1.05. The Balaban J connectivity index is 2.46. The van der Waals surface area contributed by atoms with E-state index < -0.39 is 0 Å². The standard InChI is InChI=1S/C15H22FN3/c1-3-10-19-13-8-4-7-12(16)14(13)18-15(19)11(2)6-5-9-17/h4,7-8,11H,3,5-6,9-10,17H2,1-2H3. The fourth-order valence-electron chi connectivity index (χ4n) is 2.52. The first-order valence-corrected chi connectivity index (χ1v) is 7.03. The van der Waals surface area contributed by atoms with E-state index in [-0.39, 0.29) is 5.82 Å². The molecule has 0 spiro atoms. The van der Waals surface area contributed by atoms with Gasteiger partial charge in [0.05, 0.1) is 5.52 Å². The molecule has 0 fully saturated rings. The third-order valence-corrected chi connectivity index (χ3v) is 3.49. The number of hydrogen-bond acceptors (Lipinski definition) is 2. The molecule has 19 heavy (non-hydrogen) atoms. The predicted octanol–water partition coefficient (Wildman–Crippen LogP) is 3.43. The summed E-state index contributed by atoms with van der Waals surface area (Å²) in [5.41, 5.74) is 6.95. The van der Waals surface area contributed by atoms with Crippen molar-refractivity contribution < 1.29 is 4.39 Å². The van der Waals surface area contributed by atoms with E-state index in [4.69, 9.17) is 5.73 Å². The van der Waals surface area contributed by atoms with Gasteiger partial charge in [-0.3, -0.25) is 0 Å². The zero-order valence-corrected chi connectivity index (χ0v) is 11.7. The Morgan fingerprint density at radius 3 is 2.89 bits per heavy atom. The summed E-state index contributed by atoms with van der Waals surface area (Å²) in [5, 5.41) is 0. The number of para-hydroxylation sites is 1. The summed E-state index contributed by atoms with van der Waals surface area (Å²) in [6.07, 6.45) is 2.97. The molecule has 0 saturated carbocycles. The molecule has 1 heterocycles. The van der Waals surface area contributed by atoms with Crippen LogP contribution < -0.4 is 5.73 Å². The molecule has 1 aromatic heterocycles. The van der Waals surface area contributed by atoms with Gasteiger partial charge in [0, 0.05) is 12.5 Å². The lowest BCUT2D eigenvalue weighted by Gasteiger charge is -2.13. The van der Waals surface area contributed by atoms with Crippen LogP contribution >= 0.6 is 0 Å². The molecule has 0 amide bonds. The van der Waals surface area contributed by atoms with Crippen LogP contribution in [0.3, 0.4) is 0 Å². The van der Waals surface area contributed by atoms with Gasteiger partial charge in [-0.05, 0) is 37.9 Å². The maximum absolute atomic E-state index is 13.8. The lowest BCUT2D eigenvalue weighted by molar-refractivity contribution is 0.559. The van der Waals surface area contributed by atoms with E-state index >= 15 is 0 Å². The Morgan fingerprint density at radius 2 is 2.21 bits per heavy atom. The lowest BCUT2D eigenvalue weighted by atomic mass is 10.0. The topological polar surface area (TPSA) is 43.8 Å². The SMILES string of the molecule is CCCn1c(C(C)CCCN)nc2c(F)cccc21. The number of nitrogens with two attached hydrogens (primary N) is 1. The fraction of sp³-hybridized carbons (Fsp3) is 0.533. The Kier molecular flexibility index (Phi) is 4.53. The molecule has 2 N–H and O–H groups in total. The minimum absolute atomic E-state index is 0.236. The number of fused-ring (bicyclic) bond motifs is 1. The van der Waals surface area contributed by atoms with Gasteiger partial charge in [0.15, 0.2) is 5.82 Å². The number of hydrogen-bond donors (Lipinski definition) is 1. The second kappa shape index (κ2) is 6.15. The quantitative estimate of drug-likeness (QED) is 0.867. The molecule has 0 aliphatic rings. The maximum Gasteiger partial charge on any atom is 0.151 e. The van der Waals surface area contributed by atoms with Gasteiger partial charge >= 0.3 is 0 Å². The minimum Gasteiger partial charge on any atom is -0.330 e. The molecule has 0 aliphatic heterocycles. The van der Waals surface area contributed by atoms with Crippen LogP contribution in [-0.2, 0) is 6.54 Å². The highest BCUT2D eigenvalue weighted by Gasteiger charge is 2.17. The van der Waals surface area contributed by atoms with E-state index in [0.29, 0.717) is 18.0 Å². The Labute approximate surface area is 113 Å². The van der Waals surface area contributed by atoms with Gasteiger partial charge in [0.1, 0.15) is 11.3 Å². The molecule has 0 saturated heterocycles. The zero-order chi connectivity index (χ0) is 13.8. The average Bonchev–Trinajstić information content (AvgIpc) is 2.77. The number of imidazole rings is 1. The molecule has 4 heteroatoms. The number of rotatable bonds is 6. The Bertz CT molecular complexity index is 548. The monoisotopic (exact) mass is 263 g/mol. The number of halogens is 1. The van der Waals surface area contributed by atoms with Crippen molar-refractivity contribution in [2.24, 2.45) is 5.73 Å². The molecular formula is C15H22FN3. The average molecular weight is 263 g/mol. The normalized spacial score (nSPS) is 13.1. The number of nitrogens with zero attached hydrogens (tertiary/aromatic N) is 2. The summed E-state index contributed by atoms with van der Waals surface area (Å²) < 4.78 is 16.0. The van der Waals surface area contributed by atoms with Crippen molar-refractivity contribution in [3.8, 4) is 0 Å². The van der Waals surface area contributed by atoms with Crippen LogP contribution in [0, 0.1) is 5.82 Å². The molecule has 104 valence electrons. The van der Waals surface area contributed by atoms with Crippen molar-refractivity contribution in [3.05, 3.63) is 29.8 Å². The van der Waals surface area contributed by atoms with Crippen LogP contribution in [0.4, 0.5) is 4.39 Å². The number of aromatic nitrogens is 2. The maximum atomic E-state index is 13.8. The van der Waals surface area contributed by atoms with Gasteiger partial charge in [-0.1, -0.05) is 19.9 Å². The van der Waals surface area contributed by atoms with E-state index in [1.54, 1.807) is 6.07 Å². The van der Waals surface area contributed by atoms with Gasteiger partial charge in [0.2, 0.25) is 0 Å². The van der Waals surface area contributed by atoms with Crippen LogP contribution in [0.25, 0.3) is 11.0 Å². The molecule has 2 rings (SSSR count). The summed E-state index contributed by atoms with van der Waals surface area (Å²) in [6.45, 7) is 5.83. The Hall–Kier alpha value is -1.42. The van der Waals surface area contributed by atoms with Crippen molar-refractivity contribution in [2.75, 3.05) is 6.54 Å². The Morgan fingerprint density at radius 1 is 1.42 bits per heavy atom. The van der Waals surface area contributed by atoms with Crippen molar-refractivity contribution in [3.63, 3.8) is 0 Å². The van der Waals surface area contributed by atoms with Crippen LogP contribution in [0.5, 0.6) is 0 Å². The lowest BCUT2D eigenvalue weighted by Crippen LogP contribution is -2.09. The van der Waals surface area contributed by atoms with Gasteiger partial charge in [-0.2, -0.15) is 0 Å². The molecule has 3 nitrogen and oxygen atoms in total. The summed E-state index contributed by atoms with van der Waals surface area (Å²) in [7, 11) is 0.